The Labute approximate surface area is 228 Å². The second kappa shape index (κ2) is 11.2. The summed E-state index contributed by atoms with van der Waals surface area (Å²) in [6, 6.07) is 9.84. The topological polar surface area (TPSA) is 74.6 Å². The third kappa shape index (κ3) is 4.89. The van der Waals surface area contributed by atoms with E-state index in [0.29, 0.717) is 41.9 Å². The van der Waals surface area contributed by atoms with Gasteiger partial charge in [0.05, 0.1) is 16.1 Å². The maximum atomic E-state index is 13.8. The SMILES string of the molecule is C=CC(=O)N1CCN(c2nc(=O)n(-c3ccccc3CCC)c3nc(N4CCCCC4)c(Cl)cc23)[C@@H](C)C1. The molecule has 0 N–H and O–H groups in total. The first-order valence-electron chi connectivity index (χ1n) is 13.6. The first-order valence-corrected chi connectivity index (χ1v) is 13.9. The van der Waals surface area contributed by atoms with Gasteiger partial charge in [0.25, 0.3) is 0 Å². The van der Waals surface area contributed by atoms with Gasteiger partial charge in [-0.2, -0.15) is 4.98 Å². The van der Waals surface area contributed by atoms with Gasteiger partial charge in [0.2, 0.25) is 5.91 Å². The fourth-order valence-electron chi connectivity index (χ4n) is 5.67. The lowest BCUT2D eigenvalue weighted by Crippen LogP contribution is -2.54. The molecule has 2 saturated heterocycles. The monoisotopic (exact) mass is 534 g/mol. The van der Waals surface area contributed by atoms with E-state index in [-0.39, 0.29) is 17.6 Å². The lowest BCUT2D eigenvalue weighted by Gasteiger charge is -2.40. The molecule has 2 aliphatic heterocycles. The first-order chi connectivity index (χ1) is 18.4. The fourth-order valence-corrected chi connectivity index (χ4v) is 5.94. The van der Waals surface area contributed by atoms with Gasteiger partial charge in [0.1, 0.15) is 11.6 Å². The molecule has 0 unspecified atom stereocenters. The van der Waals surface area contributed by atoms with E-state index >= 15 is 0 Å². The van der Waals surface area contributed by atoms with Crippen molar-refractivity contribution in [1.29, 1.82) is 0 Å². The molecule has 2 fully saturated rings. The summed E-state index contributed by atoms with van der Waals surface area (Å²) in [4.78, 5) is 41.8. The highest BCUT2D eigenvalue weighted by Crippen LogP contribution is 2.35. The van der Waals surface area contributed by atoms with Crippen LogP contribution in [-0.2, 0) is 11.2 Å². The molecule has 0 saturated carbocycles. The van der Waals surface area contributed by atoms with E-state index in [1.54, 1.807) is 9.47 Å². The lowest BCUT2D eigenvalue weighted by molar-refractivity contribution is -0.126. The van der Waals surface area contributed by atoms with E-state index in [9.17, 15) is 9.59 Å². The number of nitrogens with zero attached hydrogens (tertiary/aromatic N) is 6. The largest absolute Gasteiger partial charge is 0.355 e. The maximum Gasteiger partial charge on any atom is 0.355 e. The van der Waals surface area contributed by atoms with Crippen molar-refractivity contribution in [2.45, 2.75) is 52.0 Å². The minimum atomic E-state index is -0.368. The average molecular weight is 535 g/mol. The summed E-state index contributed by atoms with van der Waals surface area (Å²) in [5.41, 5.74) is 2.07. The van der Waals surface area contributed by atoms with Crippen LogP contribution in [0.2, 0.25) is 5.02 Å². The van der Waals surface area contributed by atoms with Crippen LogP contribution in [0.25, 0.3) is 16.7 Å². The molecule has 1 atom stereocenters. The van der Waals surface area contributed by atoms with Gasteiger partial charge < -0.3 is 14.7 Å². The number of piperazine rings is 1. The van der Waals surface area contributed by atoms with Gasteiger partial charge in [-0.25, -0.2) is 14.3 Å². The van der Waals surface area contributed by atoms with E-state index in [1.807, 2.05) is 31.2 Å². The zero-order valence-electron chi connectivity index (χ0n) is 22.2. The summed E-state index contributed by atoms with van der Waals surface area (Å²) in [5, 5.41) is 1.29. The Hall–Kier alpha value is -3.39. The average Bonchev–Trinajstić information content (AvgIpc) is 2.93. The molecule has 38 heavy (non-hydrogen) atoms. The molecule has 5 rings (SSSR count). The number of pyridine rings is 1. The molecule has 200 valence electrons. The Bertz CT molecular complexity index is 1410. The maximum absolute atomic E-state index is 13.8. The number of benzene rings is 1. The molecular weight excluding hydrogens is 500 g/mol. The Morgan fingerprint density at radius 3 is 2.58 bits per heavy atom. The zero-order chi connectivity index (χ0) is 26.8. The van der Waals surface area contributed by atoms with Crippen molar-refractivity contribution < 1.29 is 4.79 Å². The van der Waals surface area contributed by atoms with Crippen LogP contribution in [0.5, 0.6) is 0 Å². The molecule has 2 aliphatic rings. The van der Waals surface area contributed by atoms with E-state index in [2.05, 4.69) is 34.4 Å². The number of amides is 1. The number of para-hydroxylation sites is 1. The van der Waals surface area contributed by atoms with Crippen LogP contribution in [0.3, 0.4) is 0 Å². The van der Waals surface area contributed by atoms with Crippen LogP contribution >= 0.6 is 11.6 Å². The van der Waals surface area contributed by atoms with E-state index in [4.69, 9.17) is 16.6 Å². The van der Waals surface area contributed by atoms with Crippen LogP contribution in [0.15, 0.2) is 47.8 Å². The highest BCUT2D eigenvalue weighted by Gasteiger charge is 2.30. The molecule has 0 spiro atoms. The highest BCUT2D eigenvalue weighted by molar-refractivity contribution is 6.33. The summed E-state index contributed by atoms with van der Waals surface area (Å²) >= 11 is 6.88. The van der Waals surface area contributed by atoms with Crippen molar-refractivity contribution >= 4 is 40.2 Å². The predicted octanol–water partition coefficient (Wildman–Crippen LogP) is 4.60. The number of aromatic nitrogens is 3. The minimum absolute atomic E-state index is 0.0495. The second-order valence-electron chi connectivity index (χ2n) is 10.2. The van der Waals surface area contributed by atoms with Gasteiger partial charge >= 0.3 is 5.69 Å². The quantitative estimate of drug-likeness (QED) is 0.430. The number of rotatable bonds is 6. The van der Waals surface area contributed by atoms with Gasteiger partial charge in [-0.05, 0) is 56.4 Å². The van der Waals surface area contributed by atoms with Gasteiger partial charge in [0, 0.05) is 38.8 Å². The van der Waals surface area contributed by atoms with Crippen molar-refractivity contribution in [2.24, 2.45) is 0 Å². The van der Waals surface area contributed by atoms with Crippen LogP contribution in [0, 0.1) is 0 Å². The van der Waals surface area contributed by atoms with Gasteiger partial charge in [-0.1, -0.05) is 49.7 Å². The Balaban J connectivity index is 1.71. The standard InChI is InChI=1S/C29H35ClN6O2/c1-4-11-21-12-7-8-13-24(21)36-27-22(18-23(30)28(31-27)33-14-9-6-10-15-33)26(32-29(36)38)35-17-16-34(19-20(35)3)25(37)5-2/h5,7-8,12-13,18,20H,2,4,6,9-11,14-17,19H2,1,3H3/t20-/m0/s1. The number of carbonyl (C=O) groups is 1. The number of hydrogen-bond acceptors (Lipinski definition) is 6. The molecule has 8 nitrogen and oxygen atoms in total. The highest BCUT2D eigenvalue weighted by atomic mass is 35.5. The molecule has 3 aromatic rings. The molecule has 9 heteroatoms. The van der Waals surface area contributed by atoms with Crippen LogP contribution in [0.4, 0.5) is 11.6 Å². The van der Waals surface area contributed by atoms with Crippen LogP contribution in [-0.4, -0.2) is 64.1 Å². The van der Waals surface area contributed by atoms with Crippen molar-refractivity contribution in [3.63, 3.8) is 0 Å². The molecule has 0 aliphatic carbocycles. The number of anilines is 2. The summed E-state index contributed by atoms with van der Waals surface area (Å²) < 4.78 is 1.65. The number of halogens is 1. The second-order valence-corrected chi connectivity index (χ2v) is 10.6. The minimum Gasteiger partial charge on any atom is -0.355 e. The summed E-state index contributed by atoms with van der Waals surface area (Å²) in [5.74, 6) is 1.19. The summed E-state index contributed by atoms with van der Waals surface area (Å²) in [6.45, 7) is 11.2. The van der Waals surface area contributed by atoms with Crippen LogP contribution in [0.1, 0.15) is 45.1 Å². The van der Waals surface area contributed by atoms with Gasteiger partial charge in [-0.15, -0.1) is 0 Å². The van der Waals surface area contributed by atoms with Crippen molar-refractivity contribution in [3.8, 4) is 5.69 Å². The van der Waals surface area contributed by atoms with Crippen molar-refractivity contribution in [3.05, 3.63) is 64.1 Å². The molecule has 1 aromatic carbocycles. The zero-order valence-corrected chi connectivity index (χ0v) is 23.0. The molecule has 4 heterocycles. The predicted molar refractivity (Wildman–Crippen MR) is 154 cm³/mol. The van der Waals surface area contributed by atoms with Crippen molar-refractivity contribution in [1.82, 2.24) is 19.4 Å². The summed E-state index contributed by atoms with van der Waals surface area (Å²) in [6.07, 6.45) is 6.53. The van der Waals surface area contributed by atoms with Crippen molar-refractivity contribution in [2.75, 3.05) is 42.5 Å². The number of fused-ring (bicyclic) bond motifs is 1. The first kappa shape index (κ1) is 26.2. The Kier molecular flexibility index (Phi) is 7.70. The third-order valence-electron chi connectivity index (χ3n) is 7.58. The number of hydrogen-bond donors (Lipinski definition) is 0. The van der Waals surface area contributed by atoms with E-state index in [0.717, 1.165) is 55.4 Å². The summed E-state index contributed by atoms with van der Waals surface area (Å²) in [7, 11) is 0. The van der Waals surface area contributed by atoms with Gasteiger partial charge in [0.15, 0.2) is 5.65 Å². The van der Waals surface area contributed by atoms with Gasteiger partial charge in [-0.3, -0.25) is 4.79 Å². The fraction of sp³-hybridized carbons (Fsp3) is 0.448. The van der Waals surface area contributed by atoms with E-state index < -0.39 is 0 Å². The third-order valence-corrected chi connectivity index (χ3v) is 7.85. The number of carbonyl (C=O) groups excluding carboxylic acids is 1. The lowest BCUT2D eigenvalue weighted by atomic mass is 10.1. The Morgan fingerprint density at radius 1 is 1.11 bits per heavy atom. The molecule has 0 radical (unpaired) electrons. The Morgan fingerprint density at radius 2 is 1.87 bits per heavy atom. The van der Waals surface area contributed by atoms with E-state index in [1.165, 1.54) is 12.5 Å². The molecular formula is C29H35ClN6O2. The molecule has 1 amide bonds. The smallest absolute Gasteiger partial charge is 0.355 e. The normalized spacial score (nSPS) is 18.2. The van der Waals surface area contributed by atoms with Crippen LogP contribution < -0.4 is 15.5 Å². The molecule has 2 aromatic heterocycles. The number of aryl methyl sites for hydroxylation is 1. The molecule has 0 bridgehead atoms. The number of piperidine rings is 1.